The van der Waals surface area contributed by atoms with Crippen LogP contribution in [0.15, 0.2) is 37.2 Å². The van der Waals surface area contributed by atoms with Crippen LogP contribution in [0.4, 0.5) is 4.79 Å². The Kier molecular flexibility index (Phi) is 5.53. The van der Waals surface area contributed by atoms with Gasteiger partial charge in [0.1, 0.15) is 6.04 Å². The maximum Gasteiger partial charge on any atom is 0.326 e. The fraction of sp³-hybridized carbons (Fsp3) is 0.308. The molecule has 1 unspecified atom stereocenters. The maximum atomic E-state index is 11.8. The third-order valence-electron chi connectivity index (χ3n) is 2.51. The molecule has 0 aliphatic heterocycles. The van der Waals surface area contributed by atoms with Crippen LogP contribution < -0.4 is 5.32 Å². The number of aromatic nitrogens is 1. The summed E-state index contributed by atoms with van der Waals surface area (Å²) in [6.45, 7) is 3.85. The molecule has 1 aromatic heterocycles. The van der Waals surface area contributed by atoms with Crippen LogP contribution in [0, 0.1) is 0 Å². The second-order valence-corrected chi connectivity index (χ2v) is 4.08. The molecule has 0 aliphatic rings. The Bertz CT molecular complexity index is 448. The van der Waals surface area contributed by atoms with Crippen LogP contribution in [0.3, 0.4) is 0 Å². The van der Waals surface area contributed by atoms with E-state index in [2.05, 4.69) is 16.9 Å². The number of pyridine rings is 1. The quantitative estimate of drug-likeness (QED) is 0.757. The minimum Gasteiger partial charge on any atom is -0.480 e. The van der Waals surface area contributed by atoms with Gasteiger partial charge in [-0.05, 0) is 24.1 Å². The van der Waals surface area contributed by atoms with Crippen molar-refractivity contribution < 1.29 is 14.7 Å². The Labute approximate surface area is 111 Å². The zero-order valence-corrected chi connectivity index (χ0v) is 10.7. The molecule has 6 heteroatoms. The molecule has 1 heterocycles. The Balaban J connectivity index is 2.56. The van der Waals surface area contributed by atoms with Crippen LogP contribution in [0.1, 0.15) is 12.0 Å². The van der Waals surface area contributed by atoms with Gasteiger partial charge in [0.25, 0.3) is 0 Å². The Morgan fingerprint density at radius 1 is 1.53 bits per heavy atom. The van der Waals surface area contributed by atoms with E-state index in [-0.39, 0.29) is 6.42 Å². The summed E-state index contributed by atoms with van der Waals surface area (Å²) >= 11 is 0. The van der Waals surface area contributed by atoms with Crippen molar-refractivity contribution in [1.29, 1.82) is 0 Å². The number of urea groups is 1. The molecule has 0 fully saturated rings. The maximum absolute atomic E-state index is 11.8. The van der Waals surface area contributed by atoms with Gasteiger partial charge in [0.2, 0.25) is 0 Å². The monoisotopic (exact) mass is 263 g/mol. The summed E-state index contributed by atoms with van der Waals surface area (Å²) in [5.41, 5.74) is 0.920. The van der Waals surface area contributed by atoms with Crippen molar-refractivity contribution in [3.63, 3.8) is 0 Å². The molecule has 0 saturated carbocycles. The lowest BCUT2D eigenvalue weighted by Crippen LogP contribution is -2.46. The van der Waals surface area contributed by atoms with Gasteiger partial charge in [-0.1, -0.05) is 6.08 Å². The smallest absolute Gasteiger partial charge is 0.326 e. The molecule has 1 atom stereocenters. The number of hydrogen-bond donors (Lipinski definition) is 2. The number of carboxylic acid groups (broad SMARTS) is 1. The minimum atomic E-state index is -1.08. The summed E-state index contributed by atoms with van der Waals surface area (Å²) in [5.74, 6) is -1.08. The lowest BCUT2D eigenvalue weighted by Gasteiger charge is -2.20. The van der Waals surface area contributed by atoms with Crippen LogP contribution in [0.2, 0.25) is 0 Å². The summed E-state index contributed by atoms with van der Waals surface area (Å²) in [6.07, 6.45) is 4.92. The van der Waals surface area contributed by atoms with Crippen molar-refractivity contribution >= 4 is 12.0 Å². The predicted octanol–water partition coefficient (Wildman–Crippen LogP) is 1.25. The zero-order valence-electron chi connectivity index (χ0n) is 10.7. The minimum absolute atomic E-state index is 0.185. The Morgan fingerprint density at radius 3 is 2.68 bits per heavy atom. The number of nitrogens with one attached hydrogen (secondary N) is 1. The summed E-state index contributed by atoms with van der Waals surface area (Å²) < 4.78 is 0. The third kappa shape index (κ3) is 4.79. The number of carbonyl (C=O) groups excluding carboxylic acids is 1. The van der Waals surface area contributed by atoms with Crippen molar-refractivity contribution in [3.8, 4) is 0 Å². The first kappa shape index (κ1) is 14.7. The highest BCUT2D eigenvalue weighted by Gasteiger charge is 2.20. The van der Waals surface area contributed by atoms with Crippen LogP contribution in [0.5, 0.6) is 0 Å². The zero-order chi connectivity index (χ0) is 14.3. The molecule has 0 radical (unpaired) electrons. The van der Waals surface area contributed by atoms with Crippen LogP contribution in [0.25, 0.3) is 0 Å². The first-order valence-corrected chi connectivity index (χ1v) is 5.78. The molecule has 6 nitrogen and oxygen atoms in total. The SMILES string of the molecule is C=CCC(NC(=O)N(C)Cc1ccncc1)C(=O)O. The van der Waals surface area contributed by atoms with Crippen molar-refractivity contribution in [2.45, 2.75) is 19.0 Å². The van der Waals surface area contributed by atoms with Crippen molar-refractivity contribution in [1.82, 2.24) is 15.2 Å². The number of carbonyl (C=O) groups is 2. The largest absolute Gasteiger partial charge is 0.480 e. The second-order valence-electron chi connectivity index (χ2n) is 4.08. The van der Waals surface area contributed by atoms with E-state index in [1.54, 1.807) is 31.6 Å². The first-order valence-electron chi connectivity index (χ1n) is 5.78. The average molecular weight is 263 g/mol. The average Bonchev–Trinajstić information content (AvgIpc) is 2.39. The van der Waals surface area contributed by atoms with Crippen LogP contribution in [-0.4, -0.2) is 40.1 Å². The molecule has 0 bridgehead atoms. The van der Waals surface area contributed by atoms with E-state index in [0.717, 1.165) is 5.56 Å². The van der Waals surface area contributed by atoms with E-state index in [1.807, 2.05) is 0 Å². The summed E-state index contributed by atoms with van der Waals surface area (Å²) in [5, 5.41) is 11.4. The van der Waals surface area contributed by atoms with Gasteiger partial charge < -0.3 is 15.3 Å². The van der Waals surface area contributed by atoms with Gasteiger partial charge in [-0.25, -0.2) is 9.59 Å². The number of carboxylic acids is 1. The highest BCUT2D eigenvalue weighted by atomic mass is 16.4. The molecule has 0 spiro atoms. The van der Waals surface area contributed by atoms with E-state index in [1.165, 1.54) is 11.0 Å². The standard InChI is InChI=1S/C13H17N3O3/c1-3-4-11(12(17)18)15-13(19)16(2)9-10-5-7-14-8-6-10/h3,5-8,11H,1,4,9H2,2H3,(H,15,19)(H,17,18). The topological polar surface area (TPSA) is 82.5 Å². The molecule has 1 aromatic rings. The van der Waals surface area contributed by atoms with E-state index < -0.39 is 18.0 Å². The molecular formula is C13H17N3O3. The fourth-order valence-electron chi connectivity index (χ4n) is 1.48. The number of rotatable bonds is 6. The highest BCUT2D eigenvalue weighted by Crippen LogP contribution is 2.02. The Hall–Kier alpha value is -2.37. The number of amides is 2. The molecule has 0 aromatic carbocycles. The molecular weight excluding hydrogens is 246 g/mol. The van der Waals surface area contributed by atoms with E-state index >= 15 is 0 Å². The van der Waals surface area contributed by atoms with Crippen molar-refractivity contribution in [2.75, 3.05) is 7.05 Å². The van der Waals surface area contributed by atoms with E-state index in [9.17, 15) is 9.59 Å². The second kappa shape index (κ2) is 7.15. The molecule has 0 saturated heterocycles. The van der Waals surface area contributed by atoms with Crippen LogP contribution in [-0.2, 0) is 11.3 Å². The van der Waals surface area contributed by atoms with E-state index in [0.29, 0.717) is 6.54 Å². The lowest BCUT2D eigenvalue weighted by molar-refractivity contribution is -0.139. The number of hydrogen-bond acceptors (Lipinski definition) is 3. The lowest BCUT2D eigenvalue weighted by atomic mass is 10.2. The summed E-state index contributed by atoms with van der Waals surface area (Å²) in [7, 11) is 1.60. The molecule has 1 rings (SSSR count). The van der Waals surface area contributed by atoms with Crippen molar-refractivity contribution in [3.05, 3.63) is 42.7 Å². The fourth-order valence-corrected chi connectivity index (χ4v) is 1.48. The Morgan fingerprint density at radius 2 is 2.16 bits per heavy atom. The van der Waals surface area contributed by atoms with E-state index in [4.69, 9.17) is 5.11 Å². The van der Waals surface area contributed by atoms with Gasteiger partial charge in [0, 0.05) is 26.0 Å². The van der Waals surface area contributed by atoms with Gasteiger partial charge in [-0.3, -0.25) is 4.98 Å². The van der Waals surface area contributed by atoms with Crippen LogP contribution >= 0.6 is 0 Å². The first-order chi connectivity index (χ1) is 9.04. The highest BCUT2D eigenvalue weighted by molar-refractivity contribution is 5.82. The van der Waals surface area contributed by atoms with Crippen molar-refractivity contribution in [2.24, 2.45) is 0 Å². The summed E-state index contributed by atoms with van der Waals surface area (Å²) in [6, 6.07) is 2.20. The van der Waals surface area contributed by atoms with Gasteiger partial charge >= 0.3 is 12.0 Å². The van der Waals surface area contributed by atoms with Gasteiger partial charge in [-0.2, -0.15) is 0 Å². The predicted molar refractivity (Wildman–Crippen MR) is 70.5 cm³/mol. The molecule has 0 aliphatic carbocycles. The molecule has 2 amide bonds. The number of aliphatic carboxylic acids is 1. The van der Waals surface area contributed by atoms with Gasteiger partial charge in [-0.15, -0.1) is 6.58 Å². The van der Waals surface area contributed by atoms with Gasteiger partial charge in [0.15, 0.2) is 0 Å². The number of nitrogens with zero attached hydrogens (tertiary/aromatic N) is 2. The third-order valence-corrected chi connectivity index (χ3v) is 2.51. The van der Waals surface area contributed by atoms with Gasteiger partial charge in [0.05, 0.1) is 0 Å². The molecule has 102 valence electrons. The molecule has 19 heavy (non-hydrogen) atoms. The normalized spacial score (nSPS) is 11.4. The molecule has 2 N–H and O–H groups in total. The summed E-state index contributed by atoms with van der Waals surface area (Å²) in [4.78, 5) is 28.1.